The van der Waals surface area contributed by atoms with E-state index in [1.165, 1.54) is 103 Å². The van der Waals surface area contributed by atoms with Crippen LogP contribution in [0.1, 0.15) is 181 Å². The van der Waals surface area contributed by atoms with E-state index >= 15 is 0 Å². The quantitative estimate of drug-likeness (QED) is 0.0291. The number of aliphatic hydroxyl groups excluding tert-OH is 4. The smallest absolute Gasteiger partial charge is 0.306 e. The van der Waals surface area contributed by atoms with Crippen LogP contribution in [0.25, 0.3) is 0 Å². The highest BCUT2D eigenvalue weighted by Gasteiger charge is 2.44. The van der Waals surface area contributed by atoms with E-state index in [2.05, 4.69) is 26.0 Å². The van der Waals surface area contributed by atoms with Gasteiger partial charge in [0.2, 0.25) is 0 Å². The Bertz CT molecular complexity index is 850. The number of carbonyl (C=O) groups is 2. The summed E-state index contributed by atoms with van der Waals surface area (Å²) in [6.45, 7) is 3.37. The van der Waals surface area contributed by atoms with Crippen molar-refractivity contribution in [1.82, 2.24) is 0 Å². The summed E-state index contributed by atoms with van der Waals surface area (Å²) in [4.78, 5) is 25.1. The van der Waals surface area contributed by atoms with Crippen molar-refractivity contribution < 1.29 is 49.0 Å². The minimum Gasteiger partial charge on any atom is -0.462 e. The molecule has 10 nitrogen and oxygen atoms in total. The normalized spacial score (nSPS) is 21.3. The van der Waals surface area contributed by atoms with Gasteiger partial charge in [0.1, 0.15) is 31.0 Å². The number of ether oxygens (including phenoxy) is 4. The number of carbonyl (C=O) groups excluding carboxylic acids is 2. The molecule has 6 atom stereocenters. The van der Waals surface area contributed by atoms with Crippen LogP contribution in [0.3, 0.4) is 0 Å². The average molecular weight is 729 g/mol. The van der Waals surface area contributed by atoms with E-state index in [0.29, 0.717) is 6.42 Å². The van der Waals surface area contributed by atoms with Crippen molar-refractivity contribution in [1.29, 1.82) is 0 Å². The molecule has 4 N–H and O–H groups in total. The number of allylic oxidation sites excluding steroid dienone is 2. The summed E-state index contributed by atoms with van der Waals surface area (Å²) in [7, 11) is 0. The predicted octanol–water partition coefficient (Wildman–Crippen LogP) is 8.00. The number of esters is 2. The van der Waals surface area contributed by atoms with Crippen molar-refractivity contribution in [2.45, 2.75) is 218 Å². The summed E-state index contributed by atoms with van der Waals surface area (Å²) < 4.78 is 22.0. The molecule has 1 rings (SSSR count). The maximum absolute atomic E-state index is 12.7. The van der Waals surface area contributed by atoms with Gasteiger partial charge in [0.05, 0.1) is 13.2 Å². The molecule has 0 aromatic carbocycles. The fourth-order valence-electron chi connectivity index (χ4n) is 6.30. The van der Waals surface area contributed by atoms with Crippen molar-refractivity contribution in [2.24, 2.45) is 0 Å². The van der Waals surface area contributed by atoms with E-state index in [-0.39, 0.29) is 32.0 Å². The largest absolute Gasteiger partial charge is 0.462 e. The van der Waals surface area contributed by atoms with Crippen LogP contribution in [-0.4, -0.2) is 89.0 Å². The minimum atomic E-state index is -1.59. The fourth-order valence-corrected chi connectivity index (χ4v) is 6.30. The zero-order valence-electron chi connectivity index (χ0n) is 32.4. The van der Waals surface area contributed by atoms with Crippen molar-refractivity contribution in [3.63, 3.8) is 0 Å². The Morgan fingerprint density at radius 1 is 0.588 bits per heavy atom. The molecule has 0 saturated carbocycles. The summed E-state index contributed by atoms with van der Waals surface area (Å²) in [6.07, 6.45) is 25.3. The number of unbranched alkanes of at least 4 members (excludes halogenated alkanes) is 21. The van der Waals surface area contributed by atoms with Crippen LogP contribution < -0.4 is 0 Å². The molecule has 1 saturated heterocycles. The van der Waals surface area contributed by atoms with Gasteiger partial charge in [-0.05, 0) is 38.5 Å². The van der Waals surface area contributed by atoms with Gasteiger partial charge in [-0.3, -0.25) is 9.59 Å². The van der Waals surface area contributed by atoms with Crippen LogP contribution in [0.4, 0.5) is 0 Å². The van der Waals surface area contributed by atoms with Gasteiger partial charge in [0, 0.05) is 12.8 Å². The van der Waals surface area contributed by atoms with Crippen molar-refractivity contribution in [2.75, 3.05) is 19.8 Å². The molecular formula is C41H76O10. The van der Waals surface area contributed by atoms with E-state index < -0.39 is 49.4 Å². The summed E-state index contributed by atoms with van der Waals surface area (Å²) in [5.74, 6) is -0.811. The van der Waals surface area contributed by atoms with Gasteiger partial charge in [-0.1, -0.05) is 142 Å². The summed E-state index contributed by atoms with van der Waals surface area (Å²) in [6, 6.07) is 0. The second-order valence-electron chi connectivity index (χ2n) is 14.4. The Morgan fingerprint density at radius 2 is 1.04 bits per heavy atom. The highest BCUT2D eigenvalue weighted by Crippen LogP contribution is 2.22. The first-order chi connectivity index (χ1) is 24.8. The zero-order valence-corrected chi connectivity index (χ0v) is 32.4. The van der Waals surface area contributed by atoms with Crippen LogP contribution >= 0.6 is 0 Å². The molecule has 2 unspecified atom stereocenters. The Labute approximate surface area is 310 Å². The summed E-state index contributed by atoms with van der Waals surface area (Å²) >= 11 is 0. The lowest BCUT2D eigenvalue weighted by Crippen LogP contribution is -2.59. The topological polar surface area (TPSA) is 152 Å². The number of rotatable bonds is 34. The molecule has 0 amide bonds. The molecule has 1 fully saturated rings. The van der Waals surface area contributed by atoms with E-state index in [1.807, 2.05) is 0 Å². The lowest BCUT2D eigenvalue weighted by Gasteiger charge is -2.39. The number of hydrogen-bond donors (Lipinski definition) is 4. The highest BCUT2D eigenvalue weighted by molar-refractivity contribution is 5.70. The van der Waals surface area contributed by atoms with Crippen LogP contribution in [0.15, 0.2) is 12.2 Å². The Morgan fingerprint density at radius 3 is 1.53 bits per heavy atom. The highest BCUT2D eigenvalue weighted by atomic mass is 16.7. The van der Waals surface area contributed by atoms with Gasteiger partial charge in [-0.25, -0.2) is 0 Å². The molecule has 0 aliphatic carbocycles. The lowest BCUT2D eigenvalue weighted by atomic mass is 9.99. The van der Waals surface area contributed by atoms with Gasteiger partial charge in [0.25, 0.3) is 0 Å². The van der Waals surface area contributed by atoms with Gasteiger partial charge in [0.15, 0.2) is 12.4 Å². The molecule has 10 heteroatoms. The van der Waals surface area contributed by atoms with E-state index in [4.69, 9.17) is 18.9 Å². The molecule has 0 bridgehead atoms. The first-order valence-electron chi connectivity index (χ1n) is 20.8. The molecule has 1 aliphatic rings. The lowest BCUT2D eigenvalue weighted by molar-refractivity contribution is -0.305. The fraction of sp³-hybridized carbons (Fsp3) is 0.902. The average Bonchev–Trinajstić information content (AvgIpc) is 3.13. The molecule has 51 heavy (non-hydrogen) atoms. The number of hydrogen-bond acceptors (Lipinski definition) is 10. The third-order valence-electron chi connectivity index (χ3n) is 9.65. The molecule has 300 valence electrons. The molecular weight excluding hydrogens is 652 g/mol. The number of aliphatic hydroxyl groups is 4. The molecule has 1 aliphatic heterocycles. The second-order valence-corrected chi connectivity index (χ2v) is 14.4. The minimum absolute atomic E-state index is 0.214. The van der Waals surface area contributed by atoms with Gasteiger partial charge in [-0.15, -0.1) is 0 Å². The van der Waals surface area contributed by atoms with Crippen LogP contribution in [0.2, 0.25) is 0 Å². The van der Waals surface area contributed by atoms with Crippen LogP contribution in [-0.2, 0) is 28.5 Å². The molecule has 0 spiro atoms. The SMILES string of the molecule is CCCCCCCC/C=C/CCCCCCCCCCCC(=O)O[C@H](COC(=O)CCCCCCCCC)CO[C@H]1O[C@@H](CO)[C@@H](O)C(O)C1O. The maximum Gasteiger partial charge on any atom is 0.306 e. The van der Waals surface area contributed by atoms with E-state index in [0.717, 1.165) is 44.9 Å². The monoisotopic (exact) mass is 729 g/mol. The standard InChI is InChI=1S/C41H76O10/c1-3-5-7-9-11-12-13-14-15-16-17-18-19-20-21-22-24-26-28-30-37(44)50-34(32-48-36(43)29-27-25-23-10-8-6-4-2)33-49-41-40(47)39(46)38(45)35(31-42)51-41/h14-15,34-35,38-42,45-47H,3-13,16-33H2,1-2H3/b15-14+/t34-,35+,38-,39?,40?,41+/m1/s1. The van der Waals surface area contributed by atoms with E-state index in [9.17, 15) is 30.0 Å². The first-order valence-corrected chi connectivity index (χ1v) is 20.8. The third-order valence-corrected chi connectivity index (χ3v) is 9.65. The molecule has 0 aromatic rings. The van der Waals surface area contributed by atoms with E-state index in [1.54, 1.807) is 0 Å². The van der Waals surface area contributed by atoms with Crippen molar-refractivity contribution in [3.8, 4) is 0 Å². The van der Waals surface area contributed by atoms with Gasteiger partial charge in [-0.2, -0.15) is 0 Å². The van der Waals surface area contributed by atoms with Crippen molar-refractivity contribution >= 4 is 11.9 Å². The molecule has 0 aromatic heterocycles. The van der Waals surface area contributed by atoms with Gasteiger partial charge >= 0.3 is 11.9 Å². The summed E-state index contributed by atoms with van der Waals surface area (Å²) in [5.41, 5.74) is 0. The first kappa shape index (κ1) is 47.5. The van der Waals surface area contributed by atoms with Crippen LogP contribution in [0.5, 0.6) is 0 Å². The Balaban J connectivity index is 2.29. The molecule has 1 heterocycles. The summed E-state index contributed by atoms with van der Waals surface area (Å²) in [5, 5.41) is 39.9. The third kappa shape index (κ3) is 25.2. The second kappa shape index (κ2) is 33.0. The maximum atomic E-state index is 12.7. The predicted molar refractivity (Wildman–Crippen MR) is 201 cm³/mol. The van der Waals surface area contributed by atoms with Crippen molar-refractivity contribution in [3.05, 3.63) is 12.2 Å². The zero-order chi connectivity index (χ0) is 37.4. The Hall–Kier alpha value is -1.56. The molecule has 0 radical (unpaired) electrons. The van der Waals surface area contributed by atoms with Gasteiger partial charge < -0.3 is 39.4 Å². The Kier molecular flexibility index (Phi) is 30.7. The van der Waals surface area contributed by atoms with Crippen LogP contribution in [0, 0.1) is 0 Å².